The van der Waals surface area contributed by atoms with Crippen LogP contribution in [0.25, 0.3) is 0 Å². The molecule has 1 fully saturated rings. The summed E-state index contributed by atoms with van der Waals surface area (Å²) in [4.78, 5) is 0. The van der Waals surface area contributed by atoms with Gasteiger partial charge < -0.3 is 5.11 Å². The van der Waals surface area contributed by atoms with Gasteiger partial charge in [-0.1, -0.05) is 67.8 Å². The molecule has 0 unspecified atom stereocenters. The van der Waals surface area contributed by atoms with Gasteiger partial charge in [-0.3, -0.25) is 10.5 Å². The molecular formula is C18H24O3. The number of phenolic OH excluding ortho intramolecular Hbond substituents is 1. The van der Waals surface area contributed by atoms with Crippen LogP contribution in [-0.2, 0) is 0 Å². The second kappa shape index (κ2) is 10.9. The van der Waals surface area contributed by atoms with Crippen molar-refractivity contribution >= 4 is 0 Å². The molecule has 2 aromatic carbocycles. The zero-order chi connectivity index (χ0) is 15.3. The summed E-state index contributed by atoms with van der Waals surface area (Å²) in [6, 6.07) is 19.7. The molecular weight excluding hydrogens is 264 g/mol. The Hall–Kier alpha value is -1.84. The number of rotatable bonds is 1. The van der Waals surface area contributed by atoms with Gasteiger partial charge in [-0.05, 0) is 36.5 Å². The Morgan fingerprint density at radius 2 is 1.14 bits per heavy atom. The summed E-state index contributed by atoms with van der Waals surface area (Å²) < 4.78 is 0. The van der Waals surface area contributed by atoms with Crippen LogP contribution in [0.15, 0.2) is 60.7 Å². The monoisotopic (exact) mass is 288 g/mol. The normalized spacial score (nSPS) is 14.2. The highest BCUT2D eigenvalue weighted by atomic mass is 17.0. The fourth-order valence-electron chi connectivity index (χ4n) is 2.59. The maximum Gasteiger partial charge on any atom is 0.115 e. The molecule has 2 aromatic rings. The van der Waals surface area contributed by atoms with Gasteiger partial charge in [0.1, 0.15) is 5.75 Å². The van der Waals surface area contributed by atoms with Crippen molar-refractivity contribution < 1.29 is 15.6 Å². The highest BCUT2D eigenvalue weighted by Gasteiger charge is 2.14. The fraction of sp³-hybridized carbons (Fsp3) is 0.333. The maximum absolute atomic E-state index is 8.63. The zero-order valence-electron chi connectivity index (χ0n) is 12.2. The summed E-state index contributed by atoms with van der Waals surface area (Å²) in [5.41, 5.74) is 1.55. The number of hydrogen-bond acceptors (Lipinski definition) is 3. The van der Waals surface area contributed by atoms with Crippen molar-refractivity contribution in [1.29, 1.82) is 0 Å². The van der Waals surface area contributed by atoms with Crippen molar-refractivity contribution in [1.82, 2.24) is 0 Å². The second-order valence-corrected chi connectivity index (χ2v) is 5.08. The lowest BCUT2D eigenvalue weighted by atomic mass is 9.84. The molecule has 0 radical (unpaired) electrons. The fourth-order valence-corrected chi connectivity index (χ4v) is 2.59. The van der Waals surface area contributed by atoms with Crippen LogP contribution in [0.3, 0.4) is 0 Å². The molecule has 0 aromatic heterocycles. The van der Waals surface area contributed by atoms with Gasteiger partial charge in [0.2, 0.25) is 0 Å². The van der Waals surface area contributed by atoms with E-state index in [1.54, 1.807) is 29.8 Å². The average Bonchev–Trinajstić information content (AvgIpc) is 2.60. The van der Waals surface area contributed by atoms with Gasteiger partial charge >= 0.3 is 0 Å². The van der Waals surface area contributed by atoms with E-state index in [1.165, 1.54) is 32.1 Å². The lowest BCUT2D eigenvalue weighted by molar-refractivity contribution is -0.176. The Balaban J connectivity index is 0.000000210. The zero-order valence-corrected chi connectivity index (χ0v) is 12.2. The molecule has 0 atom stereocenters. The van der Waals surface area contributed by atoms with Crippen LogP contribution in [0.1, 0.15) is 43.6 Å². The van der Waals surface area contributed by atoms with Crippen molar-refractivity contribution in [3.8, 4) is 5.75 Å². The largest absolute Gasteiger partial charge is 0.508 e. The first-order valence-corrected chi connectivity index (χ1v) is 7.35. The van der Waals surface area contributed by atoms with Crippen molar-refractivity contribution in [2.75, 3.05) is 0 Å². The molecule has 21 heavy (non-hydrogen) atoms. The smallest absolute Gasteiger partial charge is 0.115 e. The minimum absolute atomic E-state index is 0.322. The topological polar surface area (TPSA) is 60.7 Å². The first-order valence-electron chi connectivity index (χ1n) is 7.35. The molecule has 0 bridgehead atoms. The number of aromatic hydroxyl groups is 1. The summed E-state index contributed by atoms with van der Waals surface area (Å²) in [5, 5.41) is 20.6. The molecule has 0 spiro atoms. The predicted molar refractivity (Wildman–Crippen MR) is 85.6 cm³/mol. The summed E-state index contributed by atoms with van der Waals surface area (Å²) >= 11 is 0. The minimum atomic E-state index is 0.322. The molecule has 3 rings (SSSR count). The first-order chi connectivity index (χ1) is 10.4. The molecule has 0 amide bonds. The second-order valence-electron chi connectivity index (χ2n) is 5.08. The molecule has 1 aliphatic rings. The minimum Gasteiger partial charge on any atom is -0.508 e. The lowest BCUT2D eigenvalue weighted by Gasteiger charge is -2.21. The third-order valence-corrected chi connectivity index (χ3v) is 3.63. The van der Waals surface area contributed by atoms with E-state index in [4.69, 9.17) is 15.6 Å². The molecule has 1 saturated carbocycles. The highest BCUT2D eigenvalue weighted by molar-refractivity contribution is 5.19. The van der Waals surface area contributed by atoms with E-state index in [2.05, 4.69) is 30.3 Å². The predicted octanol–water partition coefficient (Wildman–Crippen LogP) is 5.14. The van der Waals surface area contributed by atoms with E-state index >= 15 is 0 Å². The molecule has 114 valence electrons. The highest BCUT2D eigenvalue weighted by Crippen LogP contribution is 2.32. The van der Waals surface area contributed by atoms with Crippen molar-refractivity contribution in [2.45, 2.75) is 38.0 Å². The Morgan fingerprint density at radius 3 is 1.57 bits per heavy atom. The lowest BCUT2D eigenvalue weighted by Crippen LogP contribution is -2.03. The van der Waals surface area contributed by atoms with E-state index in [9.17, 15) is 0 Å². The third-order valence-electron chi connectivity index (χ3n) is 3.63. The van der Waals surface area contributed by atoms with Gasteiger partial charge in [-0.25, -0.2) is 0 Å². The average molecular weight is 288 g/mol. The van der Waals surface area contributed by atoms with Crippen molar-refractivity contribution in [3.05, 3.63) is 66.2 Å². The van der Waals surface area contributed by atoms with Crippen molar-refractivity contribution in [3.63, 3.8) is 0 Å². The number of phenols is 1. The first kappa shape index (κ1) is 17.2. The van der Waals surface area contributed by atoms with Crippen LogP contribution in [0, 0.1) is 0 Å². The van der Waals surface area contributed by atoms with Gasteiger partial charge in [0.15, 0.2) is 0 Å². The molecule has 1 aliphatic carbocycles. The third kappa shape index (κ3) is 6.93. The molecule has 0 aliphatic heterocycles. The standard InChI is InChI=1S/C12H16.C6H6O.H2O2/c1-3-7-11(8-4-1)12-9-5-2-6-10-12;7-6-4-2-1-3-5-6;1-2/h1,3-4,7-8,12H,2,5-6,9-10H2;1-5,7H;1-2H. The number of benzene rings is 2. The molecule has 3 nitrogen and oxygen atoms in total. The number of para-hydroxylation sites is 1. The van der Waals surface area contributed by atoms with Crippen LogP contribution < -0.4 is 0 Å². The SMILES string of the molecule is OO.Oc1ccccc1.c1ccc(C2CCCCC2)cc1. The van der Waals surface area contributed by atoms with Crippen LogP contribution >= 0.6 is 0 Å². The van der Waals surface area contributed by atoms with Gasteiger partial charge in [-0.2, -0.15) is 0 Å². The summed E-state index contributed by atoms with van der Waals surface area (Å²) in [6.45, 7) is 0. The summed E-state index contributed by atoms with van der Waals surface area (Å²) in [7, 11) is 0. The van der Waals surface area contributed by atoms with E-state index < -0.39 is 0 Å². The van der Waals surface area contributed by atoms with E-state index in [1.807, 2.05) is 6.07 Å². The quantitative estimate of drug-likeness (QED) is 0.502. The van der Waals surface area contributed by atoms with Gasteiger partial charge in [0.25, 0.3) is 0 Å². The van der Waals surface area contributed by atoms with Crippen LogP contribution in [-0.4, -0.2) is 15.6 Å². The Labute approximate surface area is 126 Å². The van der Waals surface area contributed by atoms with Crippen molar-refractivity contribution in [2.24, 2.45) is 0 Å². The van der Waals surface area contributed by atoms with E-state index in [0.717, 1.165) is 5.92 Å². The Bertz CT molecular complexity index is 450. The molecule has 3 N–H and O–H groups in total. The molecule has 0 heterocycles. The molecule has 0 saturated heterocycles. The van der Waals surface area contributed by atoms with Gasteiger partial charge in [0.05, 0.1) is 0 Å². The number of hydrogen-bond donors (Lipinski definition) is 3. The Kier molecular flexibility index (Phi) is 8.93. The van der Waals surface area contributed by atoms with Gasteiger partial charge in [-0.15, -0.1) is 0 Å². The van der Waals surface area contributed by atoms with Gasteiger partial charge in [0, 0.05) is 0 Å². The Morgan fingerprint density at radius 1 is 0.667 bits per heavy atom. The summed E-state index contributed by atoms with van der Waals surface area (Å²) in [5.74, 6) is 1.18. The van der Waals surface area contributed by atoms with E-state index in [0.29, 0.717) is 5.75 Å². The molecule has 3 heteroatoms. The van der Waals surface area contributed by atoms with Crippen LogP contribution in [0.5, 0.6) is 5.75 Å². The van der Waals surface area contributed by atoms with Crippen LogP contribution in [0.2, 0.25) is 0 Å². The maximum atomic E-state index is 8.63. The summed E-state index contributed by atoms with van der Waals surface area (Å²) in [6.07, 6.45) is 7.12. The van der Waals surface area contributed by atoms with Crippen LogP contribution in [0.4, 0.5) is 0 Å². The van der Waals surface area contributed by atoms with E-state index in [-0.39, 0.29) is 0 Å².